The molecule has 1 aliphatic carbocycles. The van der Waals surface area contributed by atoms with Crippen molar-refractivity contribution in [1.82, 2.24) is 10.3 Å². The minimum atomic E-state index is -0.235. The lowest BCUT2D eigenvalue weighted by molar-refractivity contribution is 0.0940. The van der Waals surface area contributed by atoms with Crippen molar-refractivity contribution in [3.63, 3.8) is 0 Å². The number of carbonyl (C=O) groups is 1. The van der Waals surface area contributed by atoms with Crippen LogP contribution in [0, 0.1) is 17.2 Å². The van der Waals surface area contributed by atoms with Crippen molar-refractivity contribution in [3.05, 3.63) is 29.6 Å². The number of nitrogens with one attached hydrogen (secondary N) is 1. The number of carbonyl (C=O) groups excluding carboxylic acids is 1. The Bertz CT molecular complexity index is 464. The average molecular weight is 245 g/mol. The number of amides is 1. The SMILES string of the molecule is N#Cc1ccc(C(=O)NCC2CCC(O)C2)nc1. The van der Waals surface area contributed by atoms with Crippen molar-refractivity contribution in [3.8, 4) is 6.07 Å². The predicted octanol–water partition coefficient (Wildman–Crippen LogP) is 0.844. The lowest BCUT2D eigenvalue weighted by Crippen LogP contribution is -2.29. The highest BCUT2D eigenvalue weighted by Crippen LogP contribution is 2.24. The van der Waals surface area contributed by atoms with Gasteiger partial charge in [0.1, 0.15) is 11.8 Å². The molecule has 0 aromatic carbocycles. The van der Waals surface area contributed by atoms with E-state index in [-0.39, 0.29) is 12.0 Å². The molecule has 0 bridgehead atoms. The molecule has 1 saturated carbocycles. The molecule has 1 aromatic rings. The smallest absolute Gasteiger partial charge is 0.269 e. The molecule has 0 saturated heterocycles. The number of pyridine rings is 1. The largest absolute Gasteiger partial charge is 0.393 e. The zero-order chi connectivity index (χ0) is 13.0. The molecule has 94 valence electrons. The molecule has 0 radical (unpaired) electrons. The van der Waals surface area contributed by atoms with Gasteiger partial charge in [-0.1, -0.05) is 0 Å². The van der Waals surface area contributed by atoms with Crippen LogP contribution >= 0.6 is 0 Å². The summed E-state index contributed by atoms with van der Waals surface area (Å²) in [5.74, 6) is 0.114. The first kappa shape index (κ1) is 12.5. The monoisotopic (exact) mass is 245 g/mol. The summed E-state index contributed by atoms with van der Waals surface area (Å²) in [5, 5.41) is 20.8. The van der Waals surface area contributed by atoms with E-state index in [0.717, 1.165) is 19.3 Å². The Labute approximate surface area is 105 Å². The molecule has 1 fully saturated rings. The summed E-state index contributed by atoms with van der Waals surface area (Å²) >= 11 is 0. The molecule has 1 amide bonds. The van der Waals surface area contributed by atoms with Gasteiger partial charge in [0, 0.05) is 12.7 Å². The van der Waals surface area contributed by atoms with Crippen LogP contribution in [0.4, 0.5) is 0 Å². The number of aliphatic hydroxyl groups excluding tert-OH is 1. The summed E-state index contributed by atoms with van der Waals surface area (Å²) < 4.78 is 0. The van der Waals surface area contributed by atoms with E-state index in [1.54, 1.807) is 6.07 Å². The second-order valence-corrected chi connectivity index (χ2v) is 4.59. The fourth-order valence-corrected chi connectivity index (χ4v) is 2.16. The summed E-state index contributed by atoms with van der Waals surface area (Å²) in [6.45, 7) is 0.567. The van der Waals surface area contributed by atoms with Crippen LogP contribution in [0.1, 0.15) is 35.3 Å². The van der Waals surface area contributed by atoms with Crippen LogP contribution in [0.2, 0.25) is 0 Å². The van der Waals surface area contributed by atoms with Crippen LogP contribution < -0.4 is 5.32 Å². The van der Waals surface area contributed by atoms with Gasteiger partial charge < -0.3 is 10.4 Å². The summed E-state index contributed by atoms with van der Waals surface area (Å²) in [7, 11) is 0. The van der Waals surface area contributed by atoms with Gasteiger partial charge in [0.2, 0.25) is 0 Å². The Hall–Kier alpha value is -1.93. The van der Waals surface area contributed by atoms with Gasteiger partial charge in [-0.2, -0.15) is 5.26 Å². The van der Waals surface area contributed by atoms with Gasteiger partial charge in [-0.15, -0.1) is 0 Å². The summed E-state index contributed by atoms with van der Waals surface area (Å²) in [5.41, 5.74) is 0.748. The van der Waals surface area contributed by atoms with Gasteiger partial charge >= 0.3 is 0 Å². The zero-order valence-corrected chi connectivity index (χ0v) is 9.97. The molecular formula is C13H15N3O2. The number of nitriles is 1. The van der Waals surface area contributed by atoms with Crippen molar-refractivity contribution in [2.45, 2.75) is 25.4 Å². The Kier molecular flexibility index (Phi) is 3.90. The van der Waals surface area contributed by atoms with E-state index < -0.39 is 0 Å². The van der Waals surface area contributed by atoms with Crippen LogP contribution in [-0.4, -0.2) is 28.6 Å². The van der Waals surface area contributed by atoms with E-state index in [1.165, 1.54) is 12.3 Å². The molecule has 1 heterocycles. The molecule has 2 atom stereocenters. The molecule has 5 heteroatoms. The number of rotatable bonds is 3. The summed E-state index contributed by atoms with van der Waals surface area (Å²) in [6, 6.07) is 5.06. The number of nitrogens with zero attached hydrogens (tertiary/aromatic N) is 2. The second kappa shape index (κ2) is 5.61. The zero-order valence-electron chi connectivity index (χ0n) is 9.97. The van der Waals surface area contributed by atoms with Crippen LogP contribution in [0.5, 0.6) is 0 Å². The van der Waals surface area contributed by atoms with E-state index in [0.29, 0.717) is 23.7 Å². The third-order valence-electron chi connectivity index (χ3n) is 3.19. The first-order chi connectivity index (χ1) is 8.69. The average Bonchev–Trinajstić information content (AvgIpc) is 2.82. The Morgan fingerprint density at radius 2 is 2.39 bits per heavy atom. The van der Waals surface area contributed by atoms with Gasteiger partial charge in [0.25, 0.3) is 5.91 Å². The van der Waals surface area contributed by atoms with Crippen LogP contribution in [0.25, 0.3) is 0 Å². The molecule has 18 heavy (non-hydrogen) atoms. The molecule has 0 spiro atoms. The van der Waals surface area contributed by atoms with E-state index in [4.69, 9.17) is 5.26 Å². The van der Waals surface area contributed by atoms with Crippen LogP contribution in [-0.2, 0) is 0 Å². The van der Waals surface area contributed by atoms with E-state index >= 15 is 0 Å². The van der Waals surface area contributed by atoms with Crippen LogP contribution in [0.3, 0.4) is 0 Å². The Morgan fingerprint density at radius 1 is 1.56 bits per heavy atom. The molecule has 1 aliphatic rings. The van der Waals surface area contributed by atoms with E-state index in [9.17, 15) is 9.90 Å². The number of hydrogen-bond acceptors (Lipinski definition) is 4. The standard InChI is InChI=1S/C13H15N3O2/c14-6-10-2-4-12(15-8-10)13(18)16-7-9-1-3-11(17)5-9/h2,4,8-9,11,17H,1,3,5,7H2,(H,16,18). The highest BCUT2D eigenvalue weighted by molar-refractivity contribution is 5.92. The van der Waals surface area contributed by atoms with Gasteiger partial charge in [-0.25, -0.2) is 4.98 Å². The highest BCUT2D eigenvalue weighted by atomic mass is 16.3. The normalized spacial score (nSPS) is 22.4. The van der Waals surface area contributed by atoms with Gasteiger partial charge in [0.05, 0.1) is 11.7 Å². The lowest BCUT2D eigenvalue weighted by Gasteiger charge is -2.10. The Balaban J connectivity index is 1.86. The molecular weight excluding hydrogens is 230 g/mol. The summed E-state index contributed by atoms with van der Waals surface area (Å²) in [6.07, 6.45) is 3.67. The van der Waals surface area contributed by atoms with Crippen molar-refractivity contribution in [2.24, 2.45) is 5.92 Å². The van der Waals surface area contributed by atoms with Crippen molar-refractivity contribution >= 4 is 5.91 Å². The molecule has 2 N–H and O–H groups in total. The van der Waals surface area contributed by atoms with E-state index in [2.05, 4.69) is 10.3 Å². The van der Waals surface area contributed by atoms with Gasteiger partial charge in [-0.3, -0.25) is 4.79 Å². The molecule has 2 unspecified atom stereocenters. The van der Waals surface area contributed by atoms with Crippen LogP contribution in [0.15, 0.2) is 18.3 Å². The quantitative estimate of drug-likeness (QED) is 0.826. The molecule has 1 aromatic heterocycles. The van der Waals surface area contributed by atoms with E-state index in [1.807, 2.05) is 6.07 Å². The number of hydrogen-bond donors (Lipinski definition) is 2. The third-order valence-corrected chi connectivity index (χ3v) is 3.19. The topological polar surface area (TPSA) is 86.0 Å². The second-order valence-electron chi connectivity index (χ2n) is 4.59. The minimum absolute atomic E-state index is 0.222. The Morgan fingerprint density at radius 3 is 2.94 bits per heavy atom. The van der Waals surface area contributed by atoms with Crippen molar-refractivity contribution < 1.29 is 9.90 Å². The fraction of sp³-hybridized carbons (Fsp3) is 0.462. The molecule has 5 nitrogen and oxygen atoms in total. The van der Waals surface area contributed by atoms with Crippen molar-refractivity contribution in [1.29, 1.82) is 5.26 Å². The van der Waals surface area contributed by atoms with Gasteiger partial charge in [-0.05, 0) is 37.3 Å². The third kappa shape index (κ3) is 3.05. The lowest BCUT2D eigenvalue weighted by atomic mass is 10.1. The first-order valence-corrected chi connectivity index (χ1v) is 6.01. The first-order valence-electron chi connectivity index (χ1n) is 6.01. The predicted molar refractivity (Wildman–Crippen MR) is 64.6 cm³/mol. The maximum atomic E-state index is 11.8. The van der Waals surface area contributed by atoms with Gasteiger partial charge in [0.15, 0.2) is 0 Å². The maximum Gasteiger partial charge on any atom is 0.269 e. The minimum Gasteiger partial charge on any atom is -0.393 e. The molecule has 0 aliphatic heterocycles. The maximum absolute atomic E-state index is 11.8. The summed E-state index contributed by atoms with van der Waals surface area (Å²) in [4.78, 5) is 15.7. The number of aromatic nitrogens is 1. The highest BCUT2D eigenvalue weighted by Gasteiger charge is 2.23. The molecule has 2 rings (SSSR count). The fourth-order valence-electron chi connectivity index (χ4n) is 2.16. The van der Waals surface area contributed by atoms with Crippen molar-refractivity contribution in [2.75, 3.05) is 6.54 Å². The number of aliphatic hydroxyl groups is 1.